The topological polar surface area (TPSA) is 46.0 Å². The zero-order chi connectivity index (χ0) is 15.4. The summed E-state index contributed by atoms with van der Waals surface area (Å²) in [6.07, 6.45) is 6.84. The third kappa shape index (κ3) is 3.01. The van der Waals surface area contributed by atoms with Crippen molar-refractivity contribution in [1.29, 1.82) is 0 Å². The van der Waals surface area contributed by atoms with Crippen LogP contribution in [0.15, 0.2) is 55.0 Å². The number of aromatic amines is 1. The first kappa shape index (κ1) is 14.3. The Kier molecular flexibility index (Phi) is 4.19. The zero-order valence-corrected chi connectivity index (χ0v) is 12.6. The third-order valence-electron chi connectivity index (χ3n) is 3.72. The molecule has 0 unspecified atom stereocenters. The molecule has 0 atom stereocenters. The van der Waals surface area contributed by atoms with Crippen molar-refractivity contribution < 1.29 is 14.1 Å². The van der Waals surface area contributed by atoms with E-state index in [9.17, 15) is 4.79 Å². The molecule has 0 saturated carbocycles. The lowest BCUT2D eigenvalue weighted by molar-refractivity contribution is -0.696. The number of fused-ring (bicyclic) bond motifs is 1. The Morgan fingerprint density at radius 2 is 1.95 bits per heavy atom. The predicted molar refractivity (Wildman–Crippen MR) is 84.6 cm³/mol. The molecule has 4 nitrogen and oxygen atoms in total. The second kappa shape index (κ2) is 6.43. The molecule has 0 aliphatic carbocycles. The first-order valence-corrected chi connectivity index (χ1v) is 7.49. The minimum atomic E-state index is -0.272. The third-order valence-corrected chi connectivity index (χ3v) is 3.72. The van der Waals surface area contributed by atoms with Crippen LogP contribution in [0.5, 0.6) is 0 Å². The quantitative estimate of drug-likeness (QED) is 0.581. The van der Waals surface area contributed by atoms with E-state index in [1.54, 1.807) is 12.1 Å². The van der Waals surface area contributed by atoms with Crippen molar-refractivity contribution in [3.63, 3.8) is 0 Å². The Labute approximate surface area is 129 Å². The van der Waals surface area contributed by atoms with E-state index in [1.807, 2.05) is 25.4 Å². The van der Waals surface area contributed by atoms with Crippen LogP contribution in [-0.4, -0.2) is 17.6 Å². The number of benzene rings is 1. The number of H-pyrrole nitrogens is 1. The van der Waals surface area contributed by atoms with Crippen LogP contribution in [0, 0.1) is 0 Å². The van der Waals surface area contributed by atoms with Gasteiger partial charge in [-0.3, -0.25) is 0 Å². The van der Waals surface area contributed by atoms with Crippen LogP contribution in [-0.2, 0) is 17.7 Å². The molecule has 1 N–H and O–H groups in total. The number of carbonyl (C=O) groups is 1. The molecule has 112 valence electrons. The van der Waals surface area contributed by atoms with Crippen LogP contribution >= 0.6 is 0 Å². The number of pyridine rings is 1. The first-order chi connectivity index (χ1) is 10.8. The molecular weight excluding hydrogens is 276 g/mol. The number of carbonyl (C=O) groups excluding carboxylic acids is 1. The molecule has 0 amide bonds. The van der Waals surface area contributed by atoms with Gasteiger partial charge in [0.2, 0.25) is 0 Å². The highest BCUT2D eigenvalue weighted by molar-refractivity contribution is 5.89. The average molecular weight is 295 g/mol. The van der Waals surface area contributed by atoms with Crippen LogP contribution < -0.4 is 4.57 Å². The zero-order valence-electron chi connectivity index (χ0n) is 12.6. The maximum atomic E-state index is 11.6. The van der Waals surface area contributed by atoms with Crippen molar-refractivity contribution in [3.05, 3.63) is 66.1 Å². The summed E-state index contributed by atoms with van der Waals surface area (Å²) in [5.41, 5.74) is 3.06. The highest BCUT2D eigenvalue weighted by Crippen LogP contribution is 2.17. The molecule has 2 heterocycles. The van der Waals surface area contributed by atoms with Crippen LogP contribution in [0.1, 0.15) is 22.8 Å². The SMILES string of the molecule is CCOC(=O)c1cc[n+](CCc2c[nH]c3ccccc23)cc1. The van der Waals surface area contributed by atoms with Crippen molar-refractivity contribution in [2.24, 2.45) is 0 Å². The van der Waals surface area contributed by atoms with Gasteiger partial charge < -0.3 is 9.72 Å². The standard InChI is InChI=1S/C18H18N2O2/c1-2-22-18(21)14-7-10-20(11-8-14)12-9-15-13-19-17-6-4-3-5-16(15)17/h3-8,10-11,13H,2,9,12H2,1H3/p+1. The fourth-order valence-electron chi connectivity index (χ4n) is 2.54. The maximum Gasteiger partial charge on any atom is 0.338 e. The molecule has 0 saturated heterocycles. The minimum Gasteiger partial charge on any atom is -0.462 e. The number of hydrogen-bond acceptors (Lipinski definition) is 2. The Bertz CT molecular complexity index is 775. The van der Waals surface area contributed by atoms with Crippen molar-refractivity contribution in [2.75, 3.05) is 6.61 Å². The van der Waals surface area contributed by atoms with Gasteiger partial charge in [-0.2, -0.15) is 0 Å². The fourth-order valence-corrected chi connectivity index (χ4v) is 2.54. The minimum absolute atomic E-state index is 0.272. The monoisotopic (exact) mass is 295 g/mol. The van der Waals surface area contributed by atoms with E-state index in [4.69, 9.17) is 4.74 Å². The lowest BCUT2D eigenvalue weighted by atomic mass is 10.1. The molecule has 0 radical (unpaired) electrons. The second-order valence-corrected chi connectivity index (χ2v) is 5.15. The summed E-state index contributed by atoms with van der Waals surface area (Å²) in [7, 11) is 0. The number of para-hydroxylation sites is 1. The molecule has 2 aromatic heterocycles. The number of ether oxygens (including phenoxy) is 1. The lowest BCUT2D eigenvalue weighted by Gasteiger charge is -2.01. The number of aryl methyl sites for hydroxylation is 2. The largest absolute Gasteiger partial charge is 0.462 e. The van der Waals surface area contributed by atoms with Gasteiger partial charge in [0.15, 0.2) is 18.9 Å². The first-order valence-electron chi connectivity index (χ1n) is 7.49. The van der Waals surface area contributed by atoms with Crippen LogP contribution in [0.25, 0.3) is 10.9 Å². The van der Waals surface area contributed by atoms with E-state index in [-0.39, 0.29) is 5.97 Å². The molecule has 3 aromatic rings. The van der Waals surface area contributed by atoms with Gasteiger partial charge in [-0.25, -0.2) is 9.36 Å². The van der Waals surface area contributed by atoms with Gasteiger partial charge in [0, 0.05) is 35.7 Å². The Morgan fingerprint density at radius 3 is 2.73 bits per heavy atom. The summed E-state index contributed by atoms with van der Waals surface area (Å²) in [5.74, 6) is -0.272. The molecule has 1 aromatic carbocycles. The molecule has 0 bridgehead atoms. The van der Waals surface area contributed by atoms with Gasteiger partial charge in [-0.1, -0.05) is 18.2 Å². The predicted octanol–water partition coefficient (Wildman–Crippen LogP) is 2.87. The van der Waals surface area contributed by atoms with Gasteiger partial charge in [0.25, 0.3) is 0 Å². The van der Waals surface area contributed by atoms with Crippen LogP contribution in [0.4, 0.5) is 0 Å². The van der Waals surface area contributed by atoms with Crippen LogP contribution in [0.3, 0.4) is 0 Å². The van der Waals surface area contributed by atoms with Gasteiger partial charge >= 0.3 is 5.97 Å². The van der Waals surface area contributed by atoms with Crippen molar-refractivity contribution in [2.45, 2.75) is 19.9 Å². The molecule has 3 rings (SSSR count). The molecule has 0 aliphatic heterocycles. The van der Waals surface area contributed by atoms with Gasteiger partial charge in [0.05, 0.1) is 12.2 Å². The van der Waals surface area contributed by atoms with Crippen molar-refractivity contribution in [1.82, 2.24) is 4.98 Å². The number of nitrogens with zero attached hydrogens (tertiary/aromatic N) is 1. The van der Waals surface area contributed by atoms with Crippen molar-refractivity contribution in [3.8, 4) is 0 Å². The van der Waals surface area contributed by atoms with E-state index in [1.165, 1.54) is 16.5 Å². The normalized spacial score (nSPS) is 10.8. The number of nitrogens with one attached hydrogen (secondary N) is 1. The van der Waals surface area contributed by atoms with Crippen molar-refractivity contribution >= 4 is 16.9 Å². The van der Waals surface area contributed by atoms with Gasteiger partial charge in [-0.05, 0) is 18.6 Å². The molecular formula is C18H19N2O2+. The van der Waals surface area contributed by atoms with E-state index in [0.29, 0.717) is 12.2 Å². The molecule has 4 heteroatoms. The Balaban J connectivity index is 1.68. The summed E-state index contributed by atoms with van der Waals surface area (Å²) in [6, 6.07) is 11.9. The van der Waals surface area contributed by atoms with Crippen LogP contribution in [0.2, 0.25) is 0 Å². The summed E-state index contributed by atoms with van der Waals surface area (Å²) >= 11 is 0. The number of rotatable bonds is 5. The van der Waals surface area contributed by atoms with Gasteiger partial charge in [0.1, 0.15) is 0 Å². The number of hydrogen-bond donors (Lipinski definition) is 1. The van der Waals surface area contributed by atoms with E-state index < -0.39 is 0 Å². The molecule has 0 aliphatic rings. The summed E-state index contributed by atoms with van der Waals surface area (Å²) in [4.78, 5) is 14.9. The smallest absolute Gasteiger partial charge is 0.338 e. The highest BCUT2D eigenvalue weighted by atomic mass is 16.5. The fraction of sp³-hybridized carbons (Fsp3) is 0.222. The number of esters is 1. The molecule has 0 spiro atoms. The summed E-state index contributed by atoms with van der Waals surface area (Å²) < 4.78 is 7.06. The number of aromatic nitrogens is 2. The van der Waals surface area contributed by atoms with E-state index in [0.717, 1.165) is 13.0 Å². The Morgan fingerprint density at radius 1 is 1.18 bits per heavy atom. The second-order valence-electron chi connectivity index (χ2n) is 5.15. The maximum absolute atomic E-state index is 11.6. The molecule has 0 fully saturated rings. The van der Waals surface area contributed by atoms with E-state index >= 15 is 0 Å². The van der Waals surface area contributed by atoms with Gasteiger partial charge in [-0.15, -0.1) is 0 Å². The average Bonchev–Trinajstić information content (AvgIpc) is 2.97. The summed E-state index contributed by atoms with van der Waals surface area (Å²) in [6.45, 7) is 3.07. The van der Waals surface area contributed by atoms with E-state index in [2.05, 4.69) is 33.9 Å². The Hall–Kier alpha value is -2.62. The summed E-state index contributed by atoms with van der Waals surface area (Å²) in [5, 5.41) is 1.27. The lowest BCUT2D eigenvalue weighted by Crippen LogP contribution is -2.34. The highest BCUT2D eigenvalue weighted by Gasteiger charge is 2.10. The molecule has 22 heavy (non-hydrogen) atoms.